The van der Waals surface area contributed by atoms with E-state index in [1.807, 2.05) is 0 Å². The minimum Gasteiger partial charge on any atom is -0.306 e. The highest BCUT2D eigenvalue weighted by Gasteiger charge is 2.30. The second-order valence-corrected chi connectivity index (χ2v) is 4.89. The van der Waals surface area contributed by atoms with Crippen molar-refractivity contribution in [3.63, 3.8) is 0 Å². The Kier molecular flexibility index (Phi) is 4.56. The van der Waals surface area contributed by atoms with Gasteiger partial charge in [-0.2, -0.15) is 0 Å². The molecule has 0 heterocycles. The van der Waals surface area contributed by atoms with Crippen molar-refractivity contribution in [1.29, 1.82) is 0 Å². The highest BCUT2D eigenvalue weighted by atomic mass is 32.2. The van der Waals surface area contributed by atoms with E-state index >= 15 is 0 Å². The molecule has 0 aromatic rings. The maximum atomic E-state index is 3.51. The molecule has 0 bridgehead atoms. The van der Waals surface area contributed by atoms with Gasteiger partial charge in [0.15, 0.2) is 0 Å². The Morgan fingerprint density at radius 2 is 2.00 bits per heavy atom. The molecule has 0 amide bonds. The Bertz CT molecular complexity index is 148. The van der Waals surface area contributed by atoms with Crippen molar-refractivity contribution in [2.75, 3.05) is 20.4 Å². The van der Waals surface area contributed by atoms with Crippen molar-refractivity contribution in [2.24, 2.45) is 5.92 Å². The third-order valence-corrected chi connectivity index (χ3v) is 3.73. The Balaban J connectivity index is 2.49. The smallest absolute Gasteiger partial charge is 0.0212 e. The summed E-state index contributed by atoms with van der Waals surface area (Å²) in [6.07, 6.45) is 6.18. The fourth-order valence-electron chi connectivity index (χ4n) is 2.39. The topological polar surface area (TPSA) is 15.3 Å². The highest BCUT2D eigenvalue weighted by molar-refractivity contribution is 7.96. The fourth-order valence-corrected chi connectivity index (χ4v) is 3.02. The number of nitrogens with one attached hydrogen (secondary N) is 1. The largest absolute Gasteiger partial charge is 0.306 e. The summed E-state index contributed by atoms with van der Waals surface area (Å²) in [5, 5.41) is 0. The molecule has 0 aromatic carbocycles. The second-order valence-electron chi connectivity index (χ2n) is 4.25. The van der Waals surface area contributed by atoms with Gasteiger partial charge >= 0.3 is 0 Å². The average Bonchev–Trinajstić information content (AvgIpc) is 2.08. The van der Waals surface area contributed by atoms with Gasteiger partial charge < -0.3 is 4.90 Å². The van der Waals surface area contributed by atoms with Crippen molar-refractivity contribution in [1.82, 2.24) is 9.62 Å². The van der Waals surface area contributed by atoms with Crippen LogP contribution in [0.4, 0.5) is 0 Å². The number of nitrogens with zero attached hydrogens (tertiary/aromatic N) is 1. The maximum absolute atomic E-state index is 3.51. The molecule has 1 saturated carbocycles. The van der Waals surface area contributed by atoms with Gasteiger partial charge in [0.1, 0.15) is 0 Å². The third-order valence-electron chi connectivity index (χ3n) is 3.19. The van der Waals surface area contributed by atoms with Crippen LogP contribution in [0.3, 0.4) is 0 Å². The first kappa shape index (κ1) is 11.3. The molecule has 1 fully saturated rings. The molecule has 0 aromatic heterocycles. The van der Waals surface area contributed by atoms with E-state index in [2.05, 4.69) is 36.9 Å². The summed E-state index contributed by atoms with van der Waals surface area (Å²) < 4.78 is 3.51. The molecule has 0 aliphatic heterocycles. The summed E-state index contributed by atoms with van der Waals surface area (Å²) in [5.41, 5.74) is 0. The van der Waals surface area contributed by atoms with Crippen LogP contribution in [0.1, 0.15) is 26.2 Å². The molecule has 3 atom stereocenters. The standard InChI is InChI=1S/C10H22N2S/c1-8-9(11-13-4)6-5-7-10(8)12(2)3/h8-11H,5-7H2,1-4H3/t8?,9-,10+/m1/s1. The Morgan fingerprint density at radius 3 is 2.54 bits per heavy atom. The molecular weight excluding hydrogens is 180 g/mol. The van der Waals surface area contributed by atoms with Crippen molar-refractivity contribution in [3.8, 4) is 0 Å². The van der Waals surface area contributed by atoms with Crippen LogP contribution in [0.2, 0.25) is 0 Å². The van der Waals surface area contributed by atoms with Gasteiger partial charge in [0.25, 0.3) is 0 Å². The van der Waals surface area contributed by atoms with Crippen LogP contribution in [-0.4, -0.2) is 37.3 Å². The van der Waals surface area contributed by atoms with E-state index in [4.69, 9.17) is 0 Å². The molecule has 78 valence electrons. The van der Waals surface area contributed by atoms with E-state index in [0.29, 0.717) is 6.04 Å². The highest BCUT2D eigenvalue weighted by Crippen LogP contribution is 2.28. The fraction of sp³-hybridized carbons (Fsp3) is 1.00. The van der Waals surface area contributed by atoms with Crippen LogP contribution in [0, 0.1) is 5.92 Å². The lowest BCUT2D eigenvalue weighted by atomic mass is 9.81. The van der Waals surface area contributed by atoms with Crippen molar-refractivity contribution >= 4 is 11.9 Å². The van der Waals surface area contributed by atoms with Gasteiger partial charge in [0.2, 0.25) is 0 Å². The van der Waals surface area contributed by atoms with E-state index in [0.717, 1.165) is 12.0 Å². The SMILES string of the molecule is CSN[C@@H]1CCC[C@H](N(C)C)C1C. The van der Waals surface area contributed by atoms with Crippen LogP contribution in [0.15, 0.2) is 0 Å². The van der Waals surface area contributed by atoms with Crippen molar-refractivity contribution < 1.29 is 0 Å². The Hall–Kier alpha value is 0.270. The molecule has 1 rings (SSSR count). The molecule has 2 nitrogen and oxygen atoms in total. The first-order valence-corrected chi connectivity index (χ1v) is 6.34. The van der Waals surface area contributed by atoms with E-state index < -0.39 is 0 Å². The second kappa shape index (κ2) is 5.23. The van der Waals surface area contributed by atoms with E-state index in [1.54, 1.807) is 11.9 Å². The molecule has 1 aliphatic rings. The van der Waals surface area contributed by atoms with Crippen LogP contribution >= 0.6 is 11.9 Å². The predicted molar refractivity (Wildman–Crippen MR) is 60.9 cm³/mol. The molecule has 0 radical (unpaired) electrons. The third kappa shape index (κ3) is 2.86. The van der Waals surface area contributed by atoms with Crippen molar-refractivity contribution in [2.45, 2.75) is 38.3 Å². The van der Waals surface area contributed by atoms with Gasteiger partial charge in [-0.05, 0) is 39.1 Å². The molecule has 0 saturated heterocycles. The minimum absolute atomic E-state index is 0.705. The first-order chi connectivity index (χ1) is 6.16. The Labute approximate surface area is 86.6 Å². The van der Waals surface area contributed by atoms with E-state index in [1.165, 1.54) is 19.3 Å². The summed E-state index contributed by atoms with van der Waals surface area (Å²) in [6.45, 7) is 2.37. The molecule has 1 aliphatic carbocycles. The summed E-state index contributed by atoms with van der Waals surface area (Å²) in [6, 6.07) is 1.47. The van der Waals surface area contributed by atoms with Gasteiger partial charge in [-0.15, -0.1) is 0 Å². The van der Waals surface area contributed by atoms with Gasteiger partial charge in [0.05, 0.1) is 0 Å². The summed E-state index contributed by atoms with van der Waals surface area (Å²) in [7, 11) is 4.39. The van der Waals surface area contributed by atoms with Gasteiger partial charge in [0, 0.05) is 12.1 Å². The molecule has 1 unspecified atom stereocenters. The molecule has 3 heteroatoms. The van der Waals surface area contributed by atoms with Gasteiger partial charge in [-0.1, -0.05) is 25.3 Å². The van der Waals surface area contributed by atoms with Crippen LogP contribution in [0.25, 0.3) is 0 Å². The normalized spacial score (nSPS) is 35.3. The zero-order valence-corrected chi connectivity index (χ0v) is 10.0. The summed E-state index contributed by atoms with van der Waals surface area (Å²) in [4.78, 5) is 2.37. The predicted octanol–water partition coefficient (Wildman–Crippen LogP) is 1.97. The number of hydrogen-bond donors (Lipinski definition) is 1. The van der Waals surface area contributed by atoms with E-state index in [9.17, 15) is 0 Å². The first-order valence-electron chi connectivity index (χ1n) is 5.11. The maximum Gasteiger partial charge on any atom is 0.0212 e. The van der Waals surface area contributed by atoms with Crippen LogP contribution in [0.5, 0.6) is 0 Å². The van der Waals surface area contributed by atoms with Crippen LogP contribution in [-0.2, 0) is 0 Å². The molecule has 13 heavy (non-hydrogen) atoms. The van der Waals surface area contributed by atoms with Gasteiger partial charge in [-0.25, -0.2) is 0 Å². The van der Waals surface area contributed by atoms with Crippen LogP contribution < -0.4 is 4.72 Å². The summed E-state index contributed by atoms with van der Waals surface area (Å²) >= 11 is 1.76. The molecule has 0 spiro atoms. The monoisotopic (exact) mass is 202 g/mol. The lowest BCUT2D eigenvalue weighted by molar-refractivity contribution is 0.144. The zero-order chi connectivity index (χ0) is 9.84. The average molecular weight is 202 g/mol. The lowest BCUT2D eigenvalue weighted by Gasteiger charge is -2.39. The minimum atomic E-state index is 0.705. The zero-order valence-electron chi connectivity index (χ0n) is 9.21. The Morgan fingerprint density at radius 1 is 1.31 bits per heavy atom. The molecule has 1 N–H and O–H groups in total. The van der Waals surface area contributed by atoms with Gasteiger partial charge in [-0.3, -0.25) is 4.72 Å². The summed E-state index contributed by atoms with van der Waals surface area (Å²) in [5.74, 6) is 0.774. The van der Waals surface area contributed by atoms with Crippen molar-refractivity contribution in [3.05, 3.63) is 0 Å². The molecular formula is C10H22N2S. The van der Waals surface area contributed by atoms with E-state index in [-0.39, 0.29) is 0 Å². The number of hydrogen-bond acceptors (Lipinski definition) is 3. The lowest BCUT2D eigenvalue weighted by Crippen LogP contribution is -2.46. The quantitative estimate of drug-likeness (QED) is 0.705. The number of rotatable bonds is 3.